The molecular formula is C20H25FN2O2. The molecule has 0 spiro atoms. The standard InChI is InChI=1S/C20H25FN2O2/c1-12(2)19-16(10-22-25-5)18(14-6-8-15(21)9-7-14)17(11-24)20(23-19)13(3)4/h6-10,12-13,24H,11H2,1-5H3/b22-10+. The lowest BCUT2D eigenvalue weighted by Gasteiger charge is -2.22. The van der Waals surface area contributed by atoms with Crippen LogP contribution in [0, 0.1) is 5.82 Å². The van der Waals surface area contributed by atoms with Gasteiger partial charge in [-0.3, -0.25) is 4.98 Å². The van der Waals surface area contributed by atoms with Crippen LogP contribution in [0.5, 0.6) is 0 Å². The molecule has 0 aliphatic rings. The van der Waals surface area contributed by atoms with Gasteiger partial charge in [0.2, 0.25) is 0 Å². The van der Waals surface area contributed by atoms with Crippen molar-refractivity contribution in [2.45, 2.75) is 46.1 Å². The van der Waals surface area contributed by atoms with Crippen molar-refractivity contribution in [1.82, 2.24) is 4.98 Å². The van der Waals surface area contributed by atoms with E-state index in [1.165, 1.54) is 19.2 Å². The van der Waals surface area contributed by atoms with Gasteiger partial charge in [-0.2, -0.15) is 0 Å². The summed E-state index contributed by atoms with van der Waals surface area (Å²) < 4.78 is 13.4. The second-order valence-corrected chi connectivity index (χ2v) is 6.54. The molecule has 0 saturated heterocycles. The van der Waals surface area contributed by atoms with E-state index >= 15 is 0 Å². The van der Waals surface area contributed by atoms with Crippen molar-refractivity contribution in [1.29, 1.82) is 0 Å². The topological polar surface area (TPSA) is 54.7 Å². The Hall–Kier alpha value is -2.27. The molecule has 0 unspecified atom stereocenters. The highest BCUT2D eigenvalue weighted by molar-refractivity contribution is 5.93. The van der Waals surface area contributed by atoms with Crippen molar-refractivity contribution >= 4 is 6.21 Å². The molecule has 1 aromatic carbocycles. The van der Waals surface area contributed by atoms with E-state index in [4.69, 9.17) is 9.82 Å². The zero-order valence-corrected chi connectivity index (χ0v) is 15.4. The minimum atomic E-state index is -0.302. The quantitative estimate of drug-likeness (QED) is 0.615. The number of aliphatic hydroxyl groups excluding tert-OH is 1. The van der Waals surface area contributed by atoms with Crippen LogP contribution in [-0.2, 0) is 11.4 Å². The van der Waals surface area contributed by atoms with Crippen molar-refractivity contribution in [3.63, 3.8) is 0 Å². The molecule has 1 heterocycles. The summed E-state index contributed by atoms with van der Waals surface area (Å²) in [5, 5.41) is 14.0. The molecule has 1 N–H and O–H groups in total. The Labute approximate surface area is 148 Å². The van der Waals surface area contributed by atoms with Gasteiger partial charge in [-0.25, -0.2) is 4.39 Å². The number of nitrogens with zero attached hydrogens (tertiary/aromatic N) is 2. The molecule has 0 radical (unpaired) electrons. The van der Waals surface area contributed by atoms with Crippen LogP contribution in [0.2, 0.25) is 0 Å². The second kappa shape index (κ2) is 8.21. The maximum absolute atomic E-state index is 13.4. The highest BCUT2D eigenvalue weighted by Crippen LogP contribution is 2.35. The van der Waals surface area contributed by atoms with Crippen LogP contribution in [0.15, 0.2) is 29.4 Å². The third-order valence-corrected chi connectivity index (χ3v) is 4.07. The van der Waals surface area contributed by atoms with Crippen LogP contribution in [0.4, 0.5) is 4.39 Å². The molecule has 0 aliphatic heterocycles. The van der Waals surface area contributed by atoms with Gasteiger partial charge < -0.3 is 9.94 Å². The molecule has 1 aromatic heterocycles. The number of oxime groups is 1. The normalized spacial score (nSPS) is 11.7. The van der Waals surface area contributed by atoms with E-state index in [0.29, 0.717) is 0 Å². The van der Waals surface area contributed by atoms with Crippen LogP contribution in [0.25, 0.3) is 11.1 Å². The lowest BCUT2D eigenvalue weighted by atomic mass is 9.88. The van der Waals surface area contributed by atoms with Gasteiger partial charge >= 0.3 is 0 Å². The van der Waals surface area contributed by atoms with Crippen molar-refractivity contribution in [2.75, 3.05) is 7.11 Å². The van der Waals surface area contributed by atoms with Crippen molar-refractivity contribution < 1.29 is 14.3 Å². The first-order valence-electron chi connectivity index (χ1n) is 8.40. The number of pyridine rings is 1. The number of benzene rings is 1. The molecular weight excluding hydrogens is 319 g/mol. The fraction of sp³-hybridized carbons (Fsp3) is 0.400. The van der Waals surface area contributed by atoms with E-state index in [-0.39, 0.29) is 24.3 Å². The average Bonchev–Trinajstić information content (AvgIpc) is 2.58. The molecule has 2 rings (SSSR count). The van der Waals surface area contributed by atoms with Gasteiger partial charge in [0.25, 0.3) is 0 Å². The first kappa shape index (κ1) is 19.1. The Morgan fingerprint density at radius 3 is 2.20 bits per heavy atom. The zero-order valence-electron chi connectivity index (χ0n) is 15.4. The molecule has 134 valence electrons. The van der Waals surface area contributed by atoms with Crippen LogP contribution in [0.3, 0.4) is 0 Å². The summed E-state index contributed by atoms with van der Waals surface area (Å²) in [5.74, 6) is -0.00126. The Kier molecular flexibility index (Phi) is 6.26. The summed E-state index contributed by atoms with van der Waals surface area (Å²) in [6.07, 6.45) is 1.62. The van der Waals surface area contributed by atoms with Crippen LogP contribution >= 0.6 is 0 Å². The van der Waals surface area contributed by atoms with Gasteiger partial charge in [0, 0.05) is 16.8 Å². The summed E-state index contributed by atoms with van der Waals surface area (Å²) in [6, 6.07) is 6.25. The Morgan fingerprint density at radius 1 is 1.12 bits per heavy atom. The average molecular weight is 344 g/mol. The van der Waals surface area contributed by atoms with E-state index in [2.05, 4.69) is 19.0 Å². The number of aromatic nitrogens is 1. The molecule has 4 nitrogen and oxygen atoms in total. The summed E-state index contributed by atoms with van der Waals surface area (Å²) in [7, 11) is 1.48. The van der Waals surface area contributed by atoms with Crippen molar-refractivity contribution in [2.24, 2.45) is 5.16 Å². The van der Waals surface area contributed by atoms with Gasteiger partial charge in [0.05, 0.1) is 18.5 Å². The van der Waals surface area contributed by atoms with Gasteiger partial charge in [0.15, 0.2) is 0 Å². The first-order valence-corrected chi connectivity index (χ1v) is 8.40. The lowest BCUT2D eigenvalue weighted by molar-refractivity contribution is 0.215. The SMILES string of the molecule is CO/N=C/c1c(C(C)C)nc(C(C)C)c(CO)c1-c1ccc(F)cc1. The maximum Gasteiger partial charge on any atom is 0.123 e. The number of hydrogen-bond donors (Lipinski definition) is 1. The zero-order chi connectivity index (χ0) is 18.6. The van der Waals surface area contributed by atoms with Gasteiger partial charge in [-0.15, -0.1) is 0 Å². The molecule has 0 atom stereocenters. The van der Waals surface area contributed by atoms with Crippen molar-refractivity contribution in [3.8, 4) is 11.1 Å². The number of rotatable bonds is 6. The fourth-order valence-electron chi connectivity index (χ4n) is 2.94. The number of halogens is 1. The maximum atomic E-state index is 13.4. The monoisotopic (exact) mass is 344 g/mol. The fourth-order valence-corrected chi connectivity index (χ4v) is 2.94. The lowest BCUT2D eigenvalue weighted by Crippen LogP contribution is -2.12. The van der Waals surface area contributed by atoms with Gasteiger partial charge in [-0.05, 0) is 35.1 Å². The molecule has 0 fully saturated rings. The van der Waals surface area contributed by atoms with Crippen molar-refractivity contribution in [3.05, 3.63) is 52.6 Å². The summed E-state index contributed by atoms with van der Waals surface area (Å²) in [6.45, 7) is 8.05. The number of aliphatic hydroxyl groups is 1. The Morgan fingerprint density at radius 2 is 1.72 bits per heavy atom. The second-order valence-electron chi connectivity index (χ2n) is 6.54. The molecule has 0 amide bonds. The molecule has 0 aliphatic carbocycles. The molecule has 0 bridgehead atoms. The van der Waals surface area contributed by atoms with Gasteiger partial charge in [0.1, 0.15) is 12.9 Å². The van der Waals surface area contributed by atoms with Crippen LogP contribution < -0.4 is 0 Å². The smallest absolute Gasteiger partial charge is 0.123 e. The van der Waals surface area contributed by atoms with Crippen LogP contribution in [-0.4, -0.2) is 23.4 Å². The third kappa shape index (κ3) is 4.04. The highest BCUT2D eigenvalue weighted by atomic mass is 19.1. The van der Waals surface area contributed by atoms with E-state index < -0.39 is 0 Å². The third-order valence-electron chi connectivity index (χ3n) is 4.07. The predicted molar refractivity (Wildman–Crippen MR) is 98.3 cm³/mol. The molecule has 5 heteroatoms. The van der Waals surface area contributed by atoms with E-state index in [1.807, 2.05) is 13.8 Å². The minimum Gasteiger partial charge on any atom is -0.399 e. The van der Waals surface area contributed by atoms with Crippen LogP contribution in [0.1, 0.15) is 62.0 Å². The van der Waals surface area contributed by atoms with E-state index in [9.17, 15) is 9.50 Å². The van der Waals surface area contributed by atoms with Gasteiger partial charge in [-0.1, -0.05) is 45.0 Å². The summed E-state index contributed by atoms with van der Waals surface area (Å²) >= 11 is 0. The Balaban J connectivity index is 2.91. The molecule has 0 saturated carbocycles. The predicted octanol–water partition coefficient (Wildman–Crippen LogP) is 4.61. The van der Waals surface area contributed by atoms with E-state index in [0.717, 1.165) is 33.6 Å². The summed E-state index contributed by atoms with van der Waals surface area (Å²) in [4.78, 5) is 9.68. The minimum absolute atomic E-state index is 0.146. The highest BCUT2D eigenvalue weighted by Gasteiger charge is 2.22. The summed E-state index contributed by atoms with van der Waals surface area (Å²) in [5.41, 5.74) is 4.89. The largest absolute Gasteiger partial charge is 0.399 e. The molecule has 2 aromatic rings. The number of hydrogen-bond acceptors (Lipinski definition) is 4. The first-order chi connectivity index (χ1) is 11.9. The van der Waals surface area contributed by atoms with E-state index in [1.54, 1.807) is 18.3 Å². The Bertz CT molecular complexity index is 753. The molecule has 25 heavy (non-hydrogen) atoms.